The van der Waals surface area contributed by atoms with Gasteiger partial charge in [-0.1, -0.05) is 38.2 Å². The lowest BCUT2D eigenvalue weighted by Crippen LogP contribution is -2.25. The third-order valence-electron chi connectivity index (χ3n) is 6.71. The smallest absolute Gasteiger partial charge is 0.343 e. The molecule has 2 N–H and O–H groups in total. The van der Waals surface area contributed by atoms with E-state index < -0.39 is 29.5 Å². The fraction of sp³-hybridized carbons (Fsp3) is 0.444. The van der Waals surface area contributed by atoms with Gasteiger partial charge in [0.05, 0.1) is 5.54 Å². The summed E-state index contributed by atoms with van der Waals surface area (Å²) in [7, 11) is 0. The Balaban J connectivity index is 1.74. The number of anilines is 1. The highest BCUT2D eigenvalue weighted by Crippen LogP contribution is 2.40. The van der Waals surface area contributed by atoms with Crippen LogP contribution in [0.1, 0.15) is 52.1 Å². The number of nitrogens with zero attached hydrogens (tertiary/aromatic N) is 3. The number of halogens is 6. The van der Waals surface area contributed by atoms with E-state index in [2.05, 4.69) is 20.6 Å². The SMILES string of the molecule is CCC1C=C(C2=CC(CC)C(Nc3ccnc(C(F)(F)F)c3)=NC(=NC3(C)CC3)N2)C=CC=C1C(F)(F)F. The molecule has 1 aliphatic heterocycles. The average molecular weight is 538 g/mol. The third-order valence-corrected chi connectivity index (χ3v) is 6.71. The Bertz CT molecular complexity index is 1250. The van der Waals surface area contributed by atoms with Crippen molar-refractivity contribution in [2.24, 2.45) is 21.8 Å². The predicted octanol–water partition coefficient (Wildman–Crippen LogP) is 7.34. The number of aromatic nitrogens is 1. The standard InChI is InChI=1S/C27H29F6N5/c1-4-16-13-18(7-6-8-20(16)26(28,29)30)21-14-17(5-2)23(37-24(36-21)38-25(3)10-11-25)35-19-9-12-34-22(15-19)27(31,32)33/h6-9,12-17H,4-5,10-11H2,1-3H3,(H2,34,35,36,37,38). The Hall–Kier alpha value is -3.37. The van der Waals surface area contributed by atoms with E-state index in [-0.39, 0.29) is 29.5 Å². The van der Waals surface area contributed by atoms with E-state index in [1.165, 1.54) is 12.1 Å². The summed E-state index contributed by atoms with van der Waals surface area (Å²) < 4.78 is 80.6. The number of pyridine rings is 1. The van der Waals surface area contributed by atoms with Crippen molar-refractivity contribution in [2.45, 2.75) is 64.3 Å². The lowest BCUT2D eigenvalue weighted by Gasteiger charge is -2.19. The van der Waals surface area contributed by atoms with E-state index in [9.17, 15) is 26.3 Å². The van der Waals surface area contributed by atoms with Gasteiger partial charge in [-0.15, -0.1) is 0 Å². The number of hydrogen-bond acceptors (Lipinski definition) is 3. The zero-order valence-corrected chi connectivity index (χ0v) is 21.2. The first-order chi connectivity index (χ1) is 17.8. The van der Waals surface area contributed by atoms with E-state index in [1.54, 1.807) is 19.1 Å². The molecule has 0 spiro atoms. The summed E-state index contributed by atoms with van der Waals surface area (Å²) in [5, 5.41) is 6.19. The fourth-order valence-corrected chi connectivity index (χ4v) is 4.24. The van der Waals surface area contributed by atoms with Crippen molar-refractivity contribution in [1.82, 2.24) is 10.3 Å². The Labute approximate surface area is 217 Å². The molecule has 0 amide bonds. The van der Waals surface area contributed by atoms with Crippen molar-refractivity contribution in [3.05, 3.63) is 71.2 Å². The molecule has 38 heavy (non-hydrogen) atoms. The molecule has 204 valence electrons. The second-order valence-corrected chi connectivity index (χ2v) is 9.82. The molecule has 0 aromatic carbocycles. The number of allylic oxidation sites excluding steroid dienone is 5. The quantitative estimate of drug-likeness (QED) is 0.386. The maximum Gasteiger partial charge on any atom is 0.433 e. The highest BCUT2D eigenvalue weighted by Gasteiger charge is 2.39. The van der Waals surface area contributed by atoms with Crippen LogP contribution in [0.4, 0.5) is 32.0 Å². The molecule has 0 radical (unpaired) electrons. The first-order valence-corrected chi connectivity index (χ1v) is 12.5. The molecule has 11 heteroatoms. The van der Waals surface area contributed by atoms with Gasteiger partial charge in [0.25, 0.3) is 0 Å². The first-order valence-electron chi connectivity index (χ1n) is 12.5. The summed E-state index contributed by atoms with van der Waals surface area (Å²) in [6, 6.07) is 2.32. The van der Waals surface area contributed by atoms with Crippen molar-refractivity contribution < 1.29 is 26.3 Å². The molecule has 3 aliphatic rings. The minimum absolute atomic E-state index is 0.164. The van der Waals surface area contributed by atoms with Gasteiger partial charge in [0.2, 0.25) is 5.96 Å². The van der Waals surface area contributed by atoms with Gasteiger partial charge >= 0.3 is 12.4 Å². The van der Waals surface area contributed by atoms with E-state index in [1.807, 2.05) is 19.9 Å². The van der Waals surface area contributed by atoms with Crippen LogP contribution in [0.2, 0.25) is 0 Å². The summed E-state index contributed by atoms with van der Waals surface area (Å²) >= 11 is 0. The second kappa shape index (κ2) is 10.4. The minimum atomic E-state index is -4.60. The second-order valence-electron chi connectivity index (χ2n) is 9.82. The van der Waals surface area contributed by atoms with Crippen molar-refractivity contribution in [2.75, 3.05) is 5.32 Å². The Morgan fingerprint density at radius 1 is 1.05 bits per heavy atom. The highest BCUT2D eigenvalue weighted by atomic mass is 19.4. The molecule has 5 nitrogen and oxygen atoms in total. The summed E-state index contributed by atoms with van der Waals surface area (Å²) in [5.74, 6) is -0.608. The van der Waals surface area contributed by atoms with Gasteiger partial charge in [0.15, 0.2) is 0 Å². The molecule has 0 bridgehead atoms. The first kappa shape index (κ1) is 27.7. The van der Waals surface area contributed by atoms with E-state index in [0.29, 0.717) is 23.5 Å². The van der Waals surface area contributed by atoms with Crippen LogP contribution < -0.4 is 10.6 Å². The van der Waals surface area contributed by atoms with Crippen LogP contribution in [0.25, 0.3) is 0 Å². The molecule has 1 saturated carbocycles. The van der Waals surface area contributed by atoms with Crippen molar-refractivity contribution >= 4 is 17.5 Å². The largest absolute Gasteiger partial charge is 0.433 e. The van der Waals surface area contributed by atoms with Crippen LogP contribution in [-0.4, -0.2) is 28.5 Å². The normalized spacial score (nSPS) is 24.4. The van der Waals surface area contributed by atoms with E-state index in [4.69, 9.17) is 4.99 Å². The lowest BCUT2D eigenvalue weighted by atomic mass is 9.93. The van der Waals surface area contributed by atoms with Crippen LogP contribution in [0.15, 0.2) is 75.5 Å². The van der Waals surface area contributed by atoms with Crippen LogP contribution in [0, 0.1) is 11.8 Å². The zero-order valence-electron chi connectivity index (χ0n) is 21.2. The number of nitrogens with one attached hydrogen (secondary N) is 2. The fourth-order valence-electron chi connectivity index (χ4n) is 4.24. The molecule has 1 aromatic rings. The number of aliphatic imine (C=N–C) groups is 2. The van der Waals surface area contributed by atoms with Gasteiger partial charge in [0.1, 0.15) is 11.5 Å². The third kappa shape index (κ3) is 6.54. The number of guanidine groups is 1. The maximum absolute atomic E-state index is 13.6. The molecule has 4 rings (SSSR count). The van der Waals surface area contributed by atoms with Crippen molar-refractivity contribution in [3.8, 4) is 0 Å². The Morgan fingerprint density at radius 3 is 2.37 bits per heavy atom. The van der Waals surface area contributed by atoms with E-state index in [0.717, 1.165) is 31.2 Å². The van der Waals surface area contributed by atoms with Gasteiger partial charge in [-0.3, -0.25) is 4.98 Å². The van der Waals surface area contributed by atoms with Crippen molar-refractivity contribution in [1.29, 1.82) is 0 Å². The van der Waals surface area contributed by atoms with Crippen molar-refractivity contribution in [3.63, 3.8) is 0 Å². The van der Waals surface area contributed by atoms with Crippen LogP contribution in [0.5, 0.6) is 0 Å². The van der Waals surface area contributed by atoms with Crippen LogP contribution >= 0.6 is 0 Å². The molecular formula is C27H29F6N5. The monoisotopic (exact) mass is 537 g/mol. The molecule has 2 unspecified atom stereocenters. The predicted molar refractivity (Wildman–Crippen MR) is 136 cm³/mol. The van der Waals surface area contributed by atoms with Gasteiger partial charge in [-0.2, -0.15) is 31.3 Å². The summed E-state index contributed by atoms with van der Waals surface area (Å²) in [6.07, 6.45) is 2.00. The highest BCUT2D eigenvalue weighted by molar-refractivity contribution is 6.06. The Morgan fingerprint density at radius 2 is 1.76 bits per heavy atom. The lowest BCUT2D eigenvalue weighted by molar-refractivity contribution is -0.141. The minimum Gasteiger partial charge on any atom is -0.343 e. The van der Waals surface area contributed by atoms with E-state index >= 15 is 0 Å². The molecule has 1 fully saturated rings. The van der Waals surface area contributed by atoms with Gasteiger partial charge in [-0.05, 0) is 56.4 Å². The summed E-state index contributed by atoms with van der Waals surface area (Å²) in [5.41, 5.74) is -0.720. The molecule has 2 atom stereocenters. The number of alkyl halides is 6. The topological polar surface area (TPSA) is 61.7 Å². The molecule has 2 aliphatic carbocycles. The molecule has 2 heterocycles. The van der Waals surface area contributed by atoms with Gasteiger partial charge in [-0.25, -0.2) is 4.99 Å². The van der Waals surface area contributed by atoms with Gasteiger partial charge in [0, 0.05) is 35.0 Å². The Kier molecular flexibility index (Phi) is 7.58. The maximum atomic E-state index is 13.6. The number of amidine groups is 1. The van der Waals surface area contributed by atoms with Gasteiger partial charge < -0.3 is 10.6 Å². The van der Waals surface area contributed by atoms with Crippen LogP contribution in [-0.2, 0) is 6.18 Å². The molecule has 1 aromatic heterocycles. The molecular weight excluding hydrogens is 508 g/mol. The zero-order chi connectivity index (χ0) is 27.7. The molecule has 0 saturated heterocycles. The average Bonchev–Trinajstić information content (AvgIpc) is 3.62. The summed E-state index contributed by atoms with van der Waals surface area (Å²) in [6.45, 7) is 5.55. The van der Waals surface area contributed by atoms with Crippen LogP contribution in [0.3, 0.4) is 0 Å². The number of rotatable bonds is 5. The number of hydrogen-bond donors (Lipinski definition) is 2. The summed E-state index contributed by atoms with van der Waals surface area (Å²) in [4.78, 5) is 12.8.